The summed E-state index contributed by atoms with van der Waals surface area (Å²) in [6.07, 6.45) is 0. The van der Waals surface area contributed by atoms with Crippen molar-refractivity contribution in [3.05, 3.63) is 0 Å². The molecule has 0 aromatic heterocycles. The van der Waals surface area contributed by atoms with Crippen molar-refractivity contribution in [2.45, 2.75) is 45.4 Å². The Kier molecular flexibility index (Phi) is 5.79. The van der Waals surface area contributed by atoms with Crippen LogP contribution in [0.1, 0.15) is 27.7 Å². The van der Waals surface area contributed by atoms with Crippen LogP contribution in [0.4, 0.5) is 0 Å². The van der Waals surface area contributed by atoms with E-state index in [-0.39, 0.29) is 11.6 Å². The van der Waals surface area contributed by atoms with Gasteiger partial charge in [-0.15, -0.1) is 0 Å². The molecule has 3 nitrogen and oxygen atoms in total. The van der Waals surface area contributed by atoms with Gasteiger partial charge in [-0.25, -0.2) is 0 Å². The zero-order valence-electron chi connectivity index (χ0n) is 9.34. The molecule has 0 heterocycles. The SMILES string of the molecule is CC(N)C(CN)C[SiH2]OC(C)(C)C. The van der Waals surface area contributed by atoms with Crippen molar-refractivity contribution in [1.82, 2.24) is 0 Å². The topological polar surface area (TPSA) is 61.3 Å². The van der Waals surface area contributed by atoms with Gasteiger partial charge in [-0.2, -0.15) is 0 Å². The Hall–Kier alpha value is 0.0969. The lowest BCUT2D eigenvalue weighted by Crippen LogP contribution is -2.34. The van der Waals surface area contributed by atoms with Gasteiger partial charge in [0, 0.05) is 11.6 Å². The third kappa shape index (κ3) is 7.19. The van der Waals surface area contributed by atoms with Gasteiger partial charge >= 0.3 is 0 Å². The summed E-state index contributed by atoms with van der Waals surface area (Å²) in [7, 11) is -0.454. The fourth-order valence-corrected chi connectivity index (χ4v) is 2.91. The largest absolute Gasteiger partial charge is 0.419 e. The highest BCUT2D eigenvalue weighted by atomic mass is 28.2. The average molecular weight is 204 g/mol. The highest BCUT2D eigenvalue weighted by Gasteiger charge is 2.15. The summed E-state index contributed by atoms with van der Waals surface area (Å²) < 4.78 is 5.74. The highest BCUT2D eigenvalue weighted by molar-refractivity contribution is 6.27. The highest BCUT2D eigenvalue weighted by Crippen LogP contribution is 2.10. The van der Waals surface area contributed by atoms with Crippen LogP contribution in [0.2, 0.25) is 6.04 Å². The first-order chi connectivity index (χ1) is 5.87. The lowest BCUT2D eigenvalue weighted by Gasteiger charge is -2.23. The van der Waals surface area contributed by atoms with Gasteiger partial charge < -0.3 is 15.9 Å². The van der Waals surface area contributed by atoms with Crippen molar-refractivity contribution < 1.29 is 4.43 Å². The predicted octanol–water partition coefficient (Wildman–Crippen LogP) is 0.226. The molecular weight excluding hydrogens is 180 g/mol. The molecule has 0 aliphatic heterocycles. The van der Waals surface area contributed by atoms with E-state index >= 15 is 0 Å². The fourth-order valence-electron chi connectivity index (χ4n) is 1.11. The molecule has 0 saturated carbocycles. The molecule has 2 unspecified atom stereocenters. The molecule has 0 rings (SSSR count). The van der Waals surface area contributed by atoms with Crippen LogP contribution in [0.15, 0.2) is 0 Å². The molecule has 0 aliphatic carbocycles. The van der Waals surface area contributed by atoms with Crippen LogP contribution in [0.3, 0.4) is 0 Å². The Bertz CT molecular complexity index is 134. The van der Waals surface area contributed by atoms with Crippen molar-refractivity contribution in [1.29, 1.82) is 0 Å². The molecule has 0 aromatic carbocycles. The number of hydrogen-bond donors (Lipinski definition) is 2. The van der Waals surface area contributed by atoms with E-state index in [9.17, 15) is 0 Å². The van der Waals surface area contributed by atoms with Crippen molar-refractivity contribution in [2.75, 3.05) is 6.54 Å². The molecule has 80 valence electrons. The standard InChI is InChI=1S/C9H24N2OSi/c1-7(11)8(5-10)6-13-12-9(2,3)4/h7-8H,5-6,10-11,13H2,1-4H3. The maximum absolute atomic E-state index is 5.78. The molecule has 13 heavy (non-hydrogen) atoms. The second-order valence-electron chi connectivity index (χ2n) is 4.60. The third-order valence-electron chi connectivity index (χ3n) is 2.07. The molecule has 0 spiro atoms. The minimum Gasteiger partial charge on any atom is -0.419 e. The van der Waals surface area contributed by atoms with Crippen molar-refractivity contribution in [3.8, 4) is 0 Å². The van der Waals surface area contributed by atoms with Crippen LogP contribution < -0.4 is 11.5 Å². The van der Waals surface area contributed by atoms with E-state index in [1.54, 1.807) is 0 Å². The molecule has 0 saturated heterocycles. The molecule has 2 atom stereocenters. The minimum absolute atomic E-state index is 0.00318. The summed E-state index contributed by atoms with van der Waals surface area (Å²) in [6.45, 7) is 8.96. The zero-order chi connectivity index (χ0) is 10.5. The van der Waals surface area contributed by atoms with Crippen molar-refractivity contribution >= 4 is 9.76 Å². The van der Waals surface area contributed by atoms with E-state index in [2.05, 4.69) is 20.8 Å². The average Bonchev–Trinajstić information content (AvgIpc) is 1.95. The Morgan fingerprint density at radius 2 is 1.92 bits per heavy atom. The molecule has 0 bridgehead atoms. The lowest BCUT2D eigenvalue weighted by atomic mass is 10.1. The summed E-state index contributed by atoms with van der Waals surface area (Å²) in [5, 5.41) is 0. The second kappa shape index (κ2) is 5.75. The lowest BCUT2D eigenvalue weighted by molar-refractivity contribution is 0.136. The summed E-state index contributed by atoms with van der Waals surface area (Å²) in [5.74, 6) is 0.439. The first-order valence-electron chi connectivity index (χ1n) is 4.96. The van der Waals surface area contributed by atoms with E-state index in [0.29, 0.717) is 12.5 Å². The maximum atomic E-state index is 5.78. The van der Waals surface area contributed by atoms with E-state index in [4.69, 9.17) is 15.9 Å². The summed E-state index contributed by atoms with van der Waals surface area (Å²) in [4.78, 5) is 0. The maximum Gasteiger partial charge on any atom is 0.162 e. The Morgan fingerprint density at radius 3 is 2.23 bits per heavy atom. The van der Waals surface area contributed by atoms with Gasteiger partial charge in [0.05, 0.1) is 0 Å². The quantitative estimate of drug-likeness (QED) is 0.630. The smallest absolute Gasteiger partial charge is 0.162 e. The summed E-state index contributed by atoms with van der Waals surface area (Å²) in [5.41, 5.74) is 11.4. The Balaban J connectivity index is 3.62. The summed E-state index contributed by atoms with van der Waals surface area (Å²) in [6, 6.07) is 1.28. The van der Waals surface area contributed by atoms with Crippen molar-refractivity contribution in [2.24, 2.45) is 17.4 Å². The van der Waals surface area contributed by atoms with Crippen molar-refractivity contribution in [3.63, 3.8) is 0 Å². The molecule has 4 N–H and O–H groups in total. The van der Waals surface area contributed by atoms with E-state index < -0.39 is 9.76 Å². The first kappa shape index (κ1) is 13.1. The molecule has 0 amide bonds. The first-order valence-corrected chi connectivity index (χ1v) is 6.54. The zero-order valence-corrected chi connectivity index (χ0v) is 10.8. The fraction of sp³-hybridized carbons (Fsp3) is 1.00. The Morgan fingerprint density at radius 1 is 1.38 bits per heavy atom. The van der Waals surface area contributed by atoms with Crippen LogP contribution in [0, 0.1) is 5.92 Å². The van der Waals surface area contributed by atoms with E-state index in [1.165, 1.54) is 0 Å². The molecule has 0 fully saturated rings. The molecule has 0 aromatic rings. The molecule has 4 heteroatoms. The number of nitrogens with two attached hydrogens (primary N) is 2. The molecular formula is C9H24N2OSi. The van der Waals surface area contributed by atoms with E-state index in [0.717, 1.165) is 6.04 Å². The molecule has 0 radical (unpaired) electrons. The van der Waals surface area contributed by atoms with Gasteiger partial charge in [-0.05, 0) is 46.2 Å². The van der Waals surface area contributed by atoms with Gasteiger partial charge in [0.15, 0.2) is 9.76 Å². The summed E-state index contributed by atoms with van der Waals surface area (Å²) >= 11 is 0. The van der Waals surface area contributed by atoms with Gasteiger partial charge in [0.2, 0.25) is 0 Å². The Labute approximate surface area is 84.1 Å². The van der Waals surface area contributed by atoms with Gasteiger partial charge in [-0.3, -0.25) is 0 Å². The van der Waals surface area contributed by atoms with Gasteiger partial charge in [0.1, 0.15) is 0 Å². The van der Waals surface area contributed by atoms with Crippen LogP contribution in [0.25, 0.3) is 0 Å². The third-order valence-corrected chi connectivity index (χ3v) is 4.12. The minimum atomic E-state index is -0.454. The van der Waals surface area contributed by atoms with Crippen LogP contribution in [0.5, 0.6) is 0 Å². The van der Waals surface area contributed by atoms with Gasteiger partial charge in [-0.1, -0.05) is 0 Å². The monoisotopic (exact) mass is 204 g/mol. The molecule has 0 aliphatic rings. The predicted molar refractivity (Wildman–Crippen MR) is 60.4 cm³/mol. The van der Waals surface area contributed by atoms with Crippen LogP contribution in [-0.2, 0) is 4.43 Å². The normalized spacial score (nSPS) is 18.0. The van der Waals surface area contributed by atoms with Crippen LogP contribution >= 0.6 is 0 Å². The van der Waals surface area contributed by atoms with Crippen LogP contribution in [-0.4, -0.2) is 28.0 Å². The van der Waals surface area contributed by atoms with E-state index in [1.807, 2.05) is 6.92 Å². The number of hydrogen-bond acceptors (Lipinski definition) is 3. The second-order valence-corrected chi connectivity index (χ2v) is 5.88. The number of rotatable bonds is 5. The van der Waals surface area contributed by atoms with Gasteiger partial charge in [0.25, 0.3) is 0 Å².